The van der Waals surface area contributed by atoms with Crippen molar-refractivity contribution in [2.75, 3.05) is 0 Å². The molecule has 4 N–H and O–H groups in total. The summed E-state index contributed by atoms with van der Waals surface area (Å²) in [6.07, 6.45) is 0.264. The molecule has 0 spiro atoms. The van der Waals surface area contributed by atoms with Crippen LogP contribution in [-0.2, 0) is 14.4 Å². The number of primary amides is 1. The number of nitrogens with two attached hydrogens (primary N) is 1. The normalized spacial score (nSPS) is 22.7. The number of amides is 2. The van der Waals surface area contributed by atoms with Crippen LogP contribution in [0.25, 0.3) is 10.8 Å². The molecule has 1 aliphatic heterocycles. The lowest BCUT2D eigenvalue weighted by molar-refractivity contribution is -0.151. The number of carboxylic acids is 2. The molecule has 3 atom stereocenters. The monoisotopic (exact) mass is 453 g/mol. The molecule has 4 rings (SSSR count). The van der Waals surface area contributed by atoms with Crippen molar-refractivity contribution in [2.24, 2.45) is 11.7 Å². The summed E-state index contributed by atoms with van der Waals surface area (Å²) in [6.45, 7) is 0. The van der Waals surface area contributed by atoms with Crippen LogP contribution in [0.3, 0.4) is 0 Å². The molecule has 2 amide bonds. The molecule has 2 aromatic carbocycles. The van der Waals surface area contributed by atoms with E-state index in [9.17, 15) is 29.4 Å². The predicted molar refractivity (Wildman–Crippen MR) is 115 cm³/mol. The molecule has 1 saturated heterocycles. The number of nitrogens with zero attached hydrogens (tertiary/aromatic N) is 2. The van der Waals surface area contributed by atoms with E-state index < -0.39 is 54.1 Å². The third-order valence-electron chi connectivity index (χ3n) is 5.80. The molecule has 9 nitrogen and oxygen atoms in total. The van der Waals surface area contributed by atoms with Crippen molar-refractivity contribution in [1.82, 2.24) is 9.88 Å². The summed E-state index contributed by atoms with van der Waals surface area (Å²) in [5.41, 5.74) is 3.45. The number of benzene rings is 2. The van der Waals surface area contributed by atoms with E-state index in [0.29, 0.717) is 5.39 Å². The Morgan fingerprint density at radius 1 is 1.12 bits per heavy atom. The second-order valence-corrected chi connectivity index (χ2v) is 8.57. The largest absolute Gasteiger partial charge is 0.481 e. The van der Waals surface area contributed by atoms with Crippen LogP contribution in [0.1, 0.15) is 34.2 Å². The molecule has 0 bridgehead atoms. The topological polar surface area (TPSA) is 151 Å². The Balaban J connectivity index is 1.97. The highest BCUT2D eigenvalue weighted by Gasteiger charge is 2.62. The Hall–Kier alpha value is -3.79. The molecule has 3 aromatic rings. The molecule has 32 heavy (non-hydrogen) atoms. The molecule has 164 valence electrons. The van der Waals surface area contributed by atoms with Crippen LogP contribution in [-0.4, -0.2) is 49.4 Å². The maximum Gasteiger partial charge on any atom is 0.330 e. The van der Waals surface area contributed by atoms with Gasteiger partial charge in [0.05, 0.1) is 18.4 Å². The van der Waals surface area contributed by atoms with E-state index in [1.54, 1.807) is 35.7 Å². The maximum absolute atomic E-state index is 13.9. The van der Waals surface area contributed by atoms with Crippen molar-refractivity contribution in [3.63, 3.8) is 0 Å². The number of aromatic nitrogens is 1. The van der Waals surface area contributed by atoms with Gasteiger partial charge in [0, 0.05) is 17.1 Å². The predicted octanol–water partition coefficient (Wildman–Crippen LogP) is 2.28. The molecule has 3 unspecified atom stereocenters. The third-order valence-corrected chi connectivity index (χ3v) is 6.65. The van der Waals surface area contributed by atoms with E-state index in [2.05, 4.69) is 4.98 Å². The second-order valence-electron chi connectivity index (χ2n) is 7.65. The molecule has 0 aliphatic carbocycles. The second kappa shape index (κ2) is 8.04. The van der Waals surface area contributed by atoms with Crippen LogP contribution in [0, 0.1) is 5.92 Å². The zero-order valence-electron chi connectivity index (χ0n) is 16.7. The summed E-state index contributed by atoms with van der Waals surface area (Å²) in [5, 5.41) is 23.3. The summed E-state index contributed by atoms with van der Waals surface area (Å²) in [6, 6.07) is 10.9. The summed E-state index contributed by atoms with van der Waals surface area (Å²) >= 11 is 1.12. The minimum absolute atomic E-state index is 0.200. The smallest absolute Gasteiger partial charge is 0.330 e. The first-order chi connectivity index (χ1) is 15.3. The number of rotatable bonds is 6. The molecule has 1 aliphatic rings. The number of carbonyl (C=O) groups is 4. The lowest BCUT2D eigenvalue weighted by Gasteiger charge is -2.37. The Morgan fingerprint density at radius 2 is 1.84 bits per heavy atom. The van der Waals surface area contributed by atoms with Crippen LogP contribution in [0.4, 0.5) is 0 Å². The molecule has 0 saturated carbocycles. The highest BCUT2D eigenvalue weighted by atomic mass is 32.1. The van der Waals surface area contributed by atoms with Gasteiger partial charge in [0.25, 0.3) is 5.91 Å². The van der Waals surface area contributed by atoms with E-state index in [4.69, 9.17) is 5.73 Å². The Bertz CT molecular complexity index is 1220. The van der Waals surface area contributed by atoms with E-state index in [1.165, 1.54) is 6.20 Å². The molecule has 2 heterocycles. The van der Waals surface area contributed by atoms with Gasteiger partial charge in [-0.05, 0) is 23.3 Å². The number of carbonyl (C=O) groups excluding carboxylic acids is 2. The average Bonchev–Trinajstić information content (AvgIpc) is 3.39. The number of fused-ring (bicyclic) bond motifs is 1. The fraction of sp³-hybridized carbons (Fsp3) is 0.227. The summed E-state index contributed by atoms with van der Waals surface area (Å²) in [4.78, 5) is 55.7. The van der Waals surface area contributed by atoms with Crippen molar-refractivity contribution in [3.8, 4) is 0 Å². The summed E-state index contributed by atoms with van der Waals surface area (Å²) in [5.74, 6) is -5.71. The maximum atomic E-state index is 13.9. The first-order valence-electron chi connectivity index (χ1n) is 9.71. The highest BCUT2D eigenvalue weighted by Crippen LogP contribution is 2.50. The highest BCUT2D eigenvalue weighted by molar-refractivity contribution is 7.09. The zero-order valence-corrected chi connectivity index (χ0v) is 17.5. The Kier molecular flexibility index (Phi) is 5.39. The van der Waals surface area contributed by atoms with Gasteiger partial charge in [-0.3, -0.25) is 14.4 Å². The Morgan fingerprint density at radius 3 is 2.47 bits per heavy atom. The molecule has 0 radical (unpaired) electrons. The van der Waals surface area contributed by atoms with Gasteiger partial charge in [-0.25, -0.2) is 9.78 Å². The quantitative estimate of drug-likeness (QED) is 0.518. The summed E-state index contributed by atoms with van der Waals surface area (Å²) in [7, 11) is 0. The van der Waals surface area contributed by atoms with Gasteiger partial charge < -0.3 is 20.8 Å². The standard InChI is InChI=1S/C22H19N3O6S/c23-16(26)11-22(21(30)31)10-15(20(28)29)17(18-24-8-9-32-18)25(22)19(27)14-7-3-5-12-4-1-2-6-13(12)14/h1-9,15,17H,10-11H2,(H2,23,26)(H,28,29)(H,30,31). The van der Waals surface area contributed by atoms with Crippen molar-refractivity contribution in [2.45, 2.75) is 24.4 Å². The van der Waals surface area contributed by atoms with Crippen LogP contribution < -0.4 is 5.73 Å². The SMILES string of the molecule is NC(=O)CC1(C(=O)O)CC(C(=O)O)C(c2nccs2)N1C(=O)c1cccc2ccccc12. The van der Waals surface area contributed by atoms with Crippen LogP contribution in [0.15, 0.2) is 54.0 Å². The number of aliphatic carboxylic acids is 2. The fourth-order valence-electron chi connectivity index (χ4n) is 4.48. The molecule has 1 fully saturated rings. The molecular formula is C22H19N3O6S. The van der Waals surface area contributed by atoms with Crippen LogP contribution in [0.5, 0.6) is 0 Å². The van der Waals surface area contributed by atoms with Gasteiger partial charge in [-0.2, -0.15) is 0 Å². The van der Waals surface area contributed by atoms with Crippen LogP contribution >= 0.6 is 11.3 Å². The number of likely N-dealkylation sites (tertiary alicyclic amines) is 1. The summed E-state index contributed by atoms with van der Waals surface area (Å²) < 4.78 is 0. The molecule has 1 aromatic heterocycles. The van der Waals surface area contributed by atoms with Gasteiger partial charge in [0.2, 0.25) is 5.91 Å². The Labute approximate surface area is 186 Å². The lowest BCUT2D eigenvalue weighted by atomic mass is 9.87. The van der Waals surface area contributed by atoms with Gasteiger partial charge >= 0.3 is 11.9 Å². The zero-order chi connectivity index (χ0) is 23.0. The van der Waals surface area contributed by atoms with Crippen molar-refractivity contribution in [1.29, 1.82) is 0 Å². The van der Waals surface area contributed by atoms with Gasteiger partial charge in [0.15, 0.2) is 5.54 Å². The number of hydrogen-bond acceptors (Lipinski definition) is 6. The number of carboxylic acid groups (broad SMARTS) is 2. The average molecular weight is 453 g/mol. The fourth-order valence-corrected chi connectivity index (χ4v) is 5.27. The van der Waals surface area contributed by atoms with E-state index in [-0.39, 0.29) is 10.6 Å². The van der Waals surface area contributed by atoms with Crippen molar-refractivity contribution in [3.05, 3.63) is 64.6 Å². The number of hydrogen-bond donors (Lipinski definition) is 3. The van der Waals surface area contributed by atoms with Gasteiger partial charge in [0.1, 0.15) is 5.01 Å². The minimum atomic E-state index is -2.13. The van der Waals surface area contributed by atoms with E-state index >= 15 is 0 Å². The first-order valence-corrected chi connectivity index (χ1v) is 10.6. The van der Waals surface area contributed by atoms with Crippen molar-refractivity contribution < 1.29 is 29.4 Å². The third kappa shape index (κ3) is 3.38. The van der Waals surface area contributed by atoms with E-state index in [1.807, 2.05) is 12.1 Å². The minimum Gasteiger partial charge on any atom is -0.481 e. The van der Waals surface area contributed by atoms with Crippen LogP contribution in [0.2, 0.25) is 0 Å². The van der Waals surface area contributed by atoms with Gasteiger partial charge in [-0.1, -0.05) is 36.4 Å². The first kappa shape index (κ1) is 21.4. The molecule has 10 heteroatoms. The van der Waals surface area contributed by atoms with E-state index in [0.717, 1.165) is 21.6 Å². The lowest BCUT2D eigenvalue weighted by Crippen LogP contribution is -2.55. The van der Waals surface area contributed by atoms with Crippen molar-refractivity contribution >= 4 is 45.9 Å². The molecular weight excluding hydrogens is 434 g/mol. The number of thiazole rings is 1. The van der Waals surface area contributed by atoms with Gasteiger partial charge in [-0.15, -0.1) is 11.3 Å².